The zero-order valence-electron chi connectivity index (χ0n) is 12.8. The summed E-state index contributed by atoms with van der Waals surface area (Å²) >= 11 is 0. The topological polar surface area (TPSA) is 74.3 Å². The Balaban J connectivity index is 1.77. The van der Waals surface area contributed by atoms with Gasteiger partial charge in [0.2, 0.25) is 0 Å². The quantitative estimate of drug-likeness (QED) is 0.707. The molecule has 2 aliphatic heterocycles. The van der Waals surface area contributed by atoms with E-state index >= 15 is 0 Å². The Morgan fingerprint density at radius 2 is 2.00 bits per heavy atom. The van der Waals surface area contributed by atoms with Gasteiger partial charge in [-0.2, -0.15) is 0 Å². The number of esters is 1. The molecule has 2 rings (SSSR count). The second-order valence-corrected chi connectivity index (χ2v) is 6.21. The van der Waals surface area contributed by atoms with Crippen molar-refractivity contribution in [2.24, 2.45) is 0 Å². The Bertz CT molecular complexity index is 385. The Kier molecular flexibility index (Phi) is 5.05. The molecule has 2 heterocycles. The third kappa shape index (κ3) is 4.86. The number of nitrogens with zero attached hydrogens (tertiary/aromatic N) is 1. The second kappa shape index (κ2) is 6.62. The van der Waals surface area contributed by atoms with E-state index < -0.39 is 17.7 Å². The summed E-state index contributed by atoms with van der Waals surface area (Å²) < 4.78 is 21.1. The summed E-state index contributed by atoms with van der Waals surface area (Å²) in [7, 11) is 0. The van der Waals surface area contributed by atoms with Crippen LogP contribution in [0.1, 0.15) is 27.2 Å². The van der Waals surface area contributed by atoms with Crippen molar-refractivity contribution in [2.45, 2.75) is 45.0 Å². The van der Waals surface area contributed by atoms with E-state index in [2.05, 4.69) is 0 Å². The maximum atomic E-state index is 11.9. The highest BCUT2D eigenvalue weighted by Gasteiger charge is 2.34. The van der Waals surface area contributed by atoms with Crippen LogP contribution in [-0.4, -0.2) is 67.7 Å². The highest BCUT2D eigenvalue weighted by Crippen LogP contribution is 2.18. The highest BCUT2D eigenvalue weighted by atomic mass is 16.6. The molecular weight excluding hydrogens is 278 g/mol. The van der Waals surface area contributed by atoms with Crippen molar-refractivity contribution in [3.05, 3.63) is 0 Å². The zero-order chi connectivity index (χ0) is 15.5. The Labute approximate surface area is 124 Å². The van der Waals surface area contributed by atoms with Crippen LogP contribution in [-0.2, 0) is 23.7 Å². The van der Waals surface area contributed by atoms with Crippen molar-refractivity contribution in [3.63, 3.8) is 0 Å². The second-order valence-electron chi connectivity index (χ2n) is 6.21. The first-order chi connectivity index (χ1) is 9.85. The van der Waals surface area contributed by atoms with Gasteiger partial charge in [0.25, 0.3) is 0 Å². The normalized spacial score (nSPS) is 26.5. The van der Waals surface area contributed by atoms with Crippen molar-refractivity contribution >= 4 is 12.1 Å². The minimum atomic E-state index is -0.658. The molecule has 0 radical (unpaired) electrons. The standard InChI is InChI=1S/C14H23NO6/c1-14(2,3)21-13(17)15-5-4-10(8-15)20-12(16)11-9-18-6-7-19-11/h10-11H,4-9H2,1-3H3/t10-,11-/m0/s1. The smallest absolute Gasteiger partial charge is 0.410 e. The van der Waals surface area contributed by atoms with E-state index in [9.17, 15) is 9.59 Å². The minimum absolute atomic E-state index is 0.224. The fourth-order valence-electron chi connectivity index (χ4n) is 2.18. The van der Waals surface area contributed by atoms with Gasteiger partial charge in [-0.15, -0.1) is 0 Å². The van der Waals surface area contributed by atoms with Gasteiger partial charge in [-0.3, -0.25) is 0 Å². The summed E-state index contributed by atoms with van der Waals surface area (Å²) in [6.45, 7) is 7.45. The van der Waals surface area contributed by atoms with Gasteiger partial charge in [0, 0.05) is 13.0 Å². The molecule has 0 saturated carbocycles. The average molecular weight is 301 g/mol. The van der Waals surface area contributed by atoms with Crippen molar-refractivity contribution in [1.29, 1.82) is 0 Å². The van der Waals surface area contributed by atoms with E-state index in [0.29, 0.717) is 32.7 Å². The van der Waals surface area contributed by atoms with E-state index in [-0.39, 0.29) is 18.8 Å². The summed E-state index contributed by atoms with van der Waals surface area (Å²) in [6, 6.07) is 0. The number of amides is 1. The molecule has 120 valence electrons. The molecule has 0 unspecified atom stereocenters. The van der Waals surface area contributed by atoms with Crippen molar-refractivity contribution in [2.75, 3.05) is 32.9 Å². The van der Waals surface area contributed by atoms with E-state index in [1.807, 2.05) is 20.8 Å². The molecule has 0 aromatic rings. The third-order valence-corrected chi connectivity index (χ3v) is 3.16. The van der Waals surface area contributed by atoms with Crippen LogP contribution in [0.2, 0.25) is 0 Å². The molecule has 2 fully saturated rings. The fraction of sp³-hybridized carbons (Fsp3) is 0.857. The van der Waals surface area contributed by atoms with Crippen LogP contribution in [0.15, 0.2) is 0 Å². The third-order valence-electron chi connectivity index (χ3n) is 3.16. The molecule has 2 saturated heterocycles. The van der Waals surface area contributed by atoms with Crippen LogP contribution in [0.25, 0.3) is 0 Å². The van der Waals surface area contributed by atoms with Gasteiger partial charge in [0.05, 0.1) is 26.4 Å². The number of likely N-dealkylation sites (tertiary alicyclic amines) is 1. The van der Waals surface area contributed by atoms with Crippen LogP contribution in [0.3, 0.4) is 0 Å². The van der Waals surface area contributed by atoms with Gasteiger partial charge in [-0.1, -0.05) is 0 Å². The van der Waals surface area contributed by atoms with E-state index in [1.54, 1.807) is 4.90 Å². The molecule has 0 aromatic heterocycles. The summed E-state index contributed by atoms with van der Waals surface area (Å²) in [4.78, 5) is 25.4. The summed E-state index contributed by atoms with van der Waals surface area (Å²) in [6.07, 6.45) is -0.735. The monoisotopic (exact) mass is 301 g/mol. The molecular formula is C14H23NO6. The lowest BCUT2D eigenvalue weighted by Gasteiger charge is -2.25. The van der Waals surface area contributed by atoms with E-state index in [0.717, 1.165) is 0 Å². The van der Waals surface area contributed by atoms with Crippen LogP contribution < -0.4 is 0 Å². The first-order valence-electron chi connectivity index (χ1n) is 7.23. The number of carbonyl (C=O) groups excluding carboxylic acids is 2. The van der Waals surface area contributed by atoms with Crippen LogP contribution in [0.5, 0.6) is 0 Å². The van der Waals surface area contributed by atoms with Gasteiger partial charge in [0.1, 0.15) is 11.7 Å². The highest BCUT2D eigenvalue weighted by molar-refractivity contribution is 5.75. The molecule has 0 bridgehead atoms. The summed E-state index contributed by atoms with van der Waals surface area (Å²) in [5, 5.41) is 0. The van der Waals surface area contributed by atoms with Crippen molar-refractivity contribution in [3.8, 4) is 0 Å². The Hall–Kier alpha value is -1.34. The average Bonchev–Trinajstić information content (AvgIpc) is 2.86. The molecule has 7 nitrogen and oxygen atoms in total. The van der Waals surface area contributed by atoms with Gasteiger partial charge in [0.15, 0.2) is 6.10 Å². The summed E-state index contributed by atoms with van der Waals surface area (Å²) in [5.74, 6) is -0.425. The Morgan fingerprint density at radius 1 is 1.24 bits per heavy atom. The van der Waals surface area contributed by atoms with Crippen molar-refractivity contribution < 1.29 is 28.5 Å². The Morgan fingerprint density at radius 3 is 2.62 bits per heavy atom. The van der Waals surface area contributed by atoms with Gasteiger partial charge < -0.3 is 23.8 Å². The molecule has 0 aromatic carbocycles. The van der Waals surface area contributed by atoms with E-state index in [1.165, 1.54) is 0 Å². The van der Waals surface area contributed by atoms with Crippen molar-refractivity contribution in [1.82, 2.24) is 4.90 Å². The first-order valence-corrected chi connectivity index (χ1v) is 7.23. The molecule has 0 N–H and O–H groups in total. The SMILES string of the molecule is CC(C)(C)OC(=O)N1CC[C@H](OC(=O)[C@@H]2COCCO2)C1. The number of hydrogen-bond donors (Lipinski definition) is 0. The molecule has 0 aliphatic carbocycles. The lowest BCUT2D eigenvalue weighted by atomic mass is 10.2. The molecule has 2 atom stereocenters. The molecule has 1 amide bonds. The largest absolute Gasteiger partial charge is 0.458 e. The number of carbonyl (C=O) groups is 2. The lowest BCUT2D eigenvalue weighted by Crippen LogP contribution is -2.39. The molecule has 2 aliphatic rings. The number of hydrogen-bond acceptors (Lipinski definition) is 6. The predicted octanol–water partition coefficient (Wildman–Crippen LogP) is 0.954. The van der Waals surface area contributed by atoms with Gasteiger partial charge >= 0.3 is 12.1 Å². The minimum Gasteiger partial charge on any atom is -0.458 e. The number of rotatable bonds is 2. The zero-order valence-corrected chi connectivity index (χ0v) is 12.8. The lowest BCUT2D eigenvalue weighted by molar-refractivity contribution is -0.175. The molecule has 7 heteroatoms. The molecule has 0 spiro atoms. The predicted molar refractivity (Wildman–Crippen MR) is 72.9 cm³/mol. The maximum absolute atomic E-state index is 11.9. The van der Waals surface area contributed by atoms with Crippen LogP contribution in [0, 0.1) is 0 Å². The molecule has 21 heavy (non-hydrogen) atoms. The van der Waals surface area contributed by atoms with E-state index in [4.69, 9.17) is 18.9 Å². The van der Waals surface area contributed by atoms with Crippen LogP contribution in [0.4, 0.5) is 4.79 Å². The van der Waals surface area contributed by atoms with Gasteiger partial charge in [-0.05, 0) is 20.8 Å². The first kappa shape index (κ1) is 16.0. The fourth-order valence-corrected chi connectivity index (χ4v) is 2.18. The summed E-state index contributed by atoms with van der Waals surface area (Å²) in [5.41, 5.74) is -0.529. The van der Waals surface area contributed by atoms with Crippen LogP contribution >= 0.6 is 0 Å². The maximum Gasteiger partial charge on any atom is 0.410 e. The van der Waals surface area contributed by atoms with Gasteiger partial charge in [-0.25, -0.2) is 9.59 Å². The number of ether oxygens (including phenoxy) is 4.